The first kappa shape index (κ1) is 22.6. The van der Waals surface area contributed by atoms with Crippen molar-refractivity contribution >= 4 is 6.09 Å². The number of rotatable bonds is 4. The molecule has 1 aliphatic heterocycles. The Labute approximate surface area is 185 Å². The van der Waals surface area contributed by atoms with E-state index in [2.05, 4.69) is 39.2 Å². The van der Waals surface area contributed by atoms with Crippen LogP contribution < -0.4 is 10.1 Å². The number of nitrogens with one attached hydrogen (secondary N) is 1. The third-order valence-corrected chi connectivity index (χ3v) is 4.88. The average molecular weight is 422 g/mol. The normalized spacial score (nSPS) is 19.1. The molecule has 2 atom stereocenters. The summed E-state index contributed by atoms with van der Waals surface area (Å²) in [4.78, 5) is 18.9. The number of nitrogens with zero attached hydrogens (tertiary/aromatic N) is 2. The molecule has 0 radical (unpaired) electrons. The molecule has 31 heavy (non-hydrogen) atoms. The van der Waals surface area contributed by atoms with Gasteiger partial charge < -0.3 is 14.8 Å². The van der Waals surface area contributed by atoms with Crippen molar-refractivity contribution in [2.45, 2.75) is 45.4 Å². The van der Waals surface area contributed by atoms with Crippen molar-refractivity contribution < 1.29 is 14.3 Å². The molecule has 0 bridgehead atoms. The topological polar surface area (TPSA) is 63.7 Å². The number of amides is 1. The summed E-state index contributed by atoms with van der Waals surface area (Å²) in [5, 5.41) is 3.03. The zero-order valence-electron chi connectivity index (χ0n) is 18.7. The van der Waals surface area contributed by atoms with Crippen molar-refractivity contribution in [3.8, 4) is 17.6 Å². The molecule has 164 valence electrons. The number of piperidine rings is 1. The molecule has 0 saturated carbocycles. The summed E-state index contributed by atoms with van der Waals surface area (Å²) in [5.74, 6) is 7.49. The van der Waals surface area contributed by atoms with Crippen LogP contribution in [0.15, 0.2) is 48.7 Å². The van der Waals surface area contributed by atoms with E-state index in [1.807, 2.05) is 51.1 Å². The highest BCUT2D eigenvalue weighted by Crippen LogP contribution is 2.21. The Bertz CT molecular complexity index is 911. The Morgan fingerprint density at radius 1 is 1.19 bits per heavy atom. The van der Waals surface area contributed by atoms with Crippen LogP contribution in [-0.4, -0.2) is 47.8 Å². The van der Waals surface area contributed by atoms with Gasteiger partial charge in [0.25, 0.3) is 0 Å². The predicted octanol–water partition coefficient (Wildman–Crippen LogP) is 3.86. The highest BCUT2D eigenvalue weighted by atomic mass is 16.6. The van der Waals surface area contributed by atoms with Crippen LogP contribution in [-0.2, 0) is 11.3 Å². The van der Waals surface area contributed by atoms with Gasteiger partial charge in [-0.05, 0) is 62.9 Å². The van der Waals surface area contributed by atoms with Crippen LogP contribution in [0.5, 0.6) is 5.75 Å². The average Bonchev–Trinajstić information content (AvgIpc) is 2.72. The second-order valence-corrected chi connectivity index (χ2v) is 8.80. The Hall–Kier alpha value is -3.04. The molecule has 1 aliphatic rings. The Kier molecular flexibility index (Phi) is 7.54. The van der Waals surface area contributed by atoms with Gasteiger partial charge >= 0.3 is 6.09 Å². The lowest BCUT2D eigenvalue weighted by Crippen LogP contribution is -2.51. The Morgan fingerprint density at radius 2 is 1.97 bits per heavy atom. The number of hydrogen-bond donors (Lipinski definition) is 1. The third kappa shape index (κ3) is 7.62. The first-order valence-electron chi connectivity index (χ1n) is 10.6. The third-order valence-electron chi connectivity index (χ3n) is 4.88. The summed E-state index contributed by atoms with van der Waals surface area (Å²) in [5.41, 5.74) is 1.42. The van der Waals surface area contributed by atoms with E-state index in [1.54, 1.807) is 13.3 Å². The second-order valence-electron chi connectivity index (χ2n) is 8.80. The quantitative estimate of drug-likeness (QED) is 0.760. The van der Waals surface area contributed by atoms with Crippen LogP contribution in [0.1, 0.15) is 38.4 Å². The number of benzene rings is 1. The van der Waals surface area contributed by atoms with Gasteiger partial charge in [-0.2, -0.15) is 0 Å². The standard InChI is InChI=1S/C25H31N3O3/c1-25(2,3)31-24(29)27-22-15-20(8-11-21-7-5-6-14-26-21)17-28(18-22)16-19-9-12-23(30-4)13-10-19/h5-7,9-10,12-14,20,22H,15-18H2,1-4H3,(H,27,29)/t20-,22+/m1/s1. The Morgan fingerprint density at radius 3 is 2.61 bits per heavy atom. The molecule has 2 aromatic rings. The van der Waals surface area contributed by atoms with Gasteiger partial charge in [-0.15, -0.1) is 0 Å². The van der Waals surface area contributed by atoms with Crippen molar-refractivity contribution in [1.29, 1.82) is 0 Å². The number of likely N-dealkylation sites (tertiary alicyclic amines) is 1. The number of carbonyl (C=O) groups is 1. The summed E-state index contributed by atoms with van der Waals surface area (Å²) < 4.78 is 10.7. The van der Waals surface area contributed by atoms with Gasteiger partial charge in [0.2, 0.25) is 0 Å². The van der Waals surface area contributed by atoms with Gasteiger partial charge in [0.15, 0.2) is 0 Å². The van der Waals surface area contributed by atoms with E-state index in [-0.39, 0.29) is 18.1 Å². The fourth-order valence-corrected chi connectivity index (χ4v) is 3.60. The largest absolute Gasteiger partial charge is 0.497 e. The summed E-state index contributed by atoms with van der Waals surface area (Å²) in [6, 6.07) is 13.7. The molecule has 6 heteroatoms. The molecular formula is C25H31N3O3. The number of alkyl carbamates (subject to hydrolysis) is 1. The van der Waals surface area contributed by atoms with E-state index in [9.17, 15) is 4.79 Å². The molecule has 0 aliphatic carbocycles. The number of pyridine rings is 1. The van der Waals surface area contributed by atoms with Gasteiger partial charge in [0.1, 0.15) is 17.0 Å². The summed E-state index contributed by atoms with van der Waals surface area (Å²) in [6.45, 7) is 7.95. The molecule has 6 nitrogen and oxygen atoms in total. The summed E-state index contributed by atoms with van der Waals surface area (Å²) in [6.07, 6.45) is 2.13. The van der Waals surface area contributed by atoms with Crippen molar-refractivity contribution in [1.82, 2.24) is 15.2 Å². The fourth-order valence-electron chi connectivity index (χ4n) is 3.60. The molecular weight excluding hydrogens is 390 g/mol. The number of hydrogen-bond acceptors (Lipinski definition) is 5. The van der Waals surface area contributed by atoms with Crippen LogP contribution in [0.3, 0.4) is 0 Å². The van der Waals surface area contributed by atoms with Crippen LogP contribution >= 0.6 is 0 Å². The fraction of sp³-hybridized carbons (Fsp3) is 0.440. The SMILES string of the molecule is COc1ccc(CN2C[C@H](C#Cc3ccccn3)C[C@H](NC(=O)OC(C)(C)C)C2)cc1. The maximum atomic E-state index is 12.3. The monoisotopic (exact) mass is 421 g/mol. The molecule has 1 amide bonds. The van der Waals surface area contributed by atoms with Crippen molar-refractivity contribution in [3.63, 3.8) is 0 Å². The molecule has 1 aromatic heterocycles. The van der Waals surface area contributed by atoms with E-state index in [1.165, 1.54) is 5.56 Å². The maximum Gasteiger partial charge on any atom is 0.407 e. The zero-order chi connectivity index (χ0) is 22.3. The first-order chi connectivity index (χ1) is 14.8. The highest BCUT2D eigenvalue weighted by Gasteiger charge is 2.29. The lowest BCUT2D eigenvalue weighted by atomic mass is 9.94. The lowest BCUT2D eigenvalue weighted by molar-refractivity contribution is 0.0458. The minimum Gasteiger partial charge on any atom is -0.497 e. The van der Waals surface area contributed by atoms with E-state index in [0.717, 1.165) is 37.5 Å². The minimum absolute atomic E-state index is 0.0371. The van der Waals surface area contributed by atoms with E-state index in [0.29, 0.717) is 0 Å². The van der Waals surface area contributed by atoms with E-state index in [4.69, 9.17) is 9.47 Å². The lowest BCUT2D eigenvalue weighted by Gasteiger charge is -2.36. The van der Waals surface area contributed by atoms with E-state index >= 15 is 0 Å². The van der Waals surface area contributed by atoms with E-state index < -0.39 is 5.60 Å². The highest BCUT2D eigenvalue weighted by molar-refractivity contribution is 5.68. The molecule has 1 N–H and O–H groups in total. The minimum atomic E-state index is -0.528. The van der Waals surface area contributed by atoms with Gasteiger partial charge in [-0.1, -0.05) is 24.1 Å². The van der Waals surface area contributed by atoms with Crippen molar-refractivity contribution in [2.75, 3.05) is 20.2 Å². The van der Waals surface area contributed by atoms with Crippen LogP contribution in [0, 0.1) is 17.8 Å². The summed E-state index contributed by atoms with van der Waals surface area (Å²) >= 11 is 0. The van der Waals surface area contributed by atoms with Gasteiger partial charge in [-0.3, -0.25) is 4.90 Å². The molecule has 2 heterocycles. The first-order valence-corrected chi connectivity index (χ1v) is 10.6. The number of carbonyl (C=O) groups excluding carboxylic acids is 1. The molecule has 1 saturated heterocycles. The van der Waals surface area contributed by atoms with Crippen molar-refractivity contribution in [2.24, 2.45) is 5.92 Å². The second kappa shape index (κ2) is 10.3. The molecule has 0 unspecified atom stereocenters. The van der Waals surface area contributed by atoms with Gasteiger partial charge in [-0.25, -0.2) is 9.78 Å². The van der Waals surface area contributed by atoms with Crippen LogP contribution in [0.4, 0.5) is 4.79 Å². The van der Waals surface area contributed by atoms with Gasteiger partial charge in [0, 0.05) is 37.8 Å². The van der Waals surface area contributed by atoms with Crippen LogP contribution in [0.2, 0.25) is 0 Å². The van der Waals surface area contributed by atoms with Crippen LogP contribution in [0.25, 0.3) is 0 Å². The summed E-state index contributed by atoms with van der Waals surface area (Å²) in [7, 11) is 1.66. The van der Waals surface area contributed by atoms with Gasteiger partial charge in [0.05, 0.1) is 7.11 Å². The smallest absolute Gasteiger partial charge is 0.407 e. The molecule has 3 rings (SSSR count). The number of methoxy groups -OCH3 is 1. The Balaban J connectivity index is 1.71. The number of ether oxygens (including phenoxy) is 2. The molecule has 1 aromatic carbocycles. The molecule has 1 fully saturated rings. The number of aromatic nitrogens is 1. The predicted molar refractivity (Wildman–Crippen MR) is 121 cm³/mol. The molecule has 0 spiro atoms. The van der Waals surface area contributed by atoms with Crippen molar-refractivity contribution in [3.05, 3.63) is 59.9 Å². The zero-order valence-corrected chi connectivity index (χ0v) is 18.7. The maximum absolute atomic E-state index is 12.3.